The predicted molar refractivity (Wildman–Crippen MR) is 89.6 cm³/mol. The third-order valence-corrected chi connectivity index (χ3v) is 6.48. The minimum absolute atomic E-state index is 0.341. The van der Waals surface area contributed by atoms with Crippen LogP contribution in [0.4, 0.5) is 0 Å². The van der Waals surface area contributed by atoms with E-state index in [0.29, 0.717) is 23.7 Å². The summed E-state index contributed by atoms with van der Waals surface area (Å²) in [4.78, 5) is 16.7. The Labute approximate surface area is 139 Å². The summed E-state index contributed by atoms with van der Waals surface area (Å²) in [5.74, 6) is 4.01. The fourth-order valence-corrected chi connectivity index (χ4v) is 5.70. The van der Waals surface area contributed by atoms with Crippen molar-refractivity contribution in [1.29, 1.82) is 0 Å². The lowest BCUT2D eigenvalue weighted by Gasteiger charge is -2.53. The topological polar surface area (TPSA) is 46.9 Å². The second-order valence-electron chi connectivity index (χ2n) is 8.11. The second-order valence-corrected chi connectivity index (χ2v) is 8.11. The summed E-state index contributed by atoms with van der Waals surface area (Å²) in [5.41, 5.74) is 0. The molecule has 4 nitrogen and oxygen atoms in total. The van der Waals surface area contributed by atoms with E-state index >= 15 is 0 Å². The van der Waals surface area contributed by atoms with Gasteiger partial charge in [0.25, 0.3) is 0 Å². The van der Waals surface area contributed by atoms with Gasteiger partial charge in [-0.25, -0.2) is 4.98 Å². The van der Waals surface area contributed by atoms with Gasteiger partial charge in [-0.1, -0.05) is 0 Å². The van der Waals surface area contributed by atoms with Crippen LogP contribution in [0.5, 0.6) is 0 Å². The highest BCUT2D eigenvalue weighted by molar-refractivity contribution is 5.79. The van der Waals surface area contributed by atoms with Crippen LogP contribution in [0.1, 0.15) is 51.4 Å². The van der Waals surface area contributed by atoms with E-state index in [-0.39, 0.29) is 0 Å². The average Bonchev–Trinajstić information content (AvgIpc) is 3.03. The van der Waals surface area contributed by atoms with Crippen molar-refractivity contribution < 1.29 is 4.79 Å². The van der Waals surface area contributed by atoms with Crippen LogP contribution in [0, 0.1) is 29.6 Å². The molecule has 23 heavy (non-hydrogen) atoms. The minimum Gasteiger partial charge on any atom is -0.356 e. The zero-order chi connectivity index (χ0) is 15.6. The van der Waals surface area contributed by atoms with Crippen LogP contribution in [-0.2, 0) is 11.3 Å². The first-order valence-corrected chi connectivity index (χ1v) is 9.53. The molecule has 5 rings (SSSR count). The van der Waals surface area contributed by atoms with Crippen LogP contribution in [0.25, 0.3) is 0 Å². The number of nitrogens with one attached hydrogen (secondary N) is 1. The van der Waals surface area contributed by atoms with E-state index in [0.717, 1.165) is 37.8 Å². The Balaban J connectivity index is 1.16. The van der Waals surface area contributed by atoms with E-state index in [2.05, 4.69) is 14.9 Å². The number of unbranched alkanes of at least 4 members (excludes halogenated alkanes) is 2. The van der Waals surface area contributed by atoms with Crippen molar-refractivity contribution in [2.45, 2.75) is 57.9 Å². The SMILES string of the molecule is O=C(NCCCCCn1ccnc1)C1C2CC3CC(C2)CC1C3. The monoisotopic (exact) mass is 315 g/mol. The van der Waals surface area contributed by atoms with Crippen LogP contribution in [-0.4, -0.2) is 22.0 Å². The fraction of sp³-hybridized carbons (Fsp3) is 0.789. The van der Waals surface area contributed by atoms with Gasteiger partial charge in [-0.3, -0.25) is 4.79 Å². The number of carbonyl (C=O) groups is 1. The third-order valence-electron chi connectivity index (χ3n) is 6.48. The number of amides is 1. The van der Waals surface area contributed by atoms with E-state index in [4.69, 9.17) is 0 Å². The van der Waals surface area contributed by atoms with Crippen molar-refractivity contribution in [3.63, 3.8) is 0 Å². The number of aromatic nitrogens is 2. The maximum absolute atomic E-state index is 12.6. The zero-order valence-electron chi connectivity index (χ0n) is 14.0. The molecule has 0 atom stereocenters. The minimum atomic E-state index is 0.341. The zero-order valence-corrected chi connectivity index (χ0v) is 14.0. The number of imidazole rings is 1. The summed E-state index contributed by atoms with van der Waals surface area (Å²) < 4.78 is 2.12. The molecular formula is C19H29N3O. The van der Waals surface area contributed by atoms with E-state index < -0.39 is 0 Å². The van der Waals surface area contributed by atoms with E-state index in [1.165, 1.54) is 38.5 Å². The van der Waals surface area contributed by atoms with E-state index in [1.54, 1.807) is 0 Å². The number of aryl methyl sites for hydroxylation is 1. The van der Waals surface area contributed by atoms with Gasteiger partial charge in [-0.15, -0.1) is 0 Å². The lowest BCUT2D eigenvalue weighted by Crippen LogP contribution is -2.51. The predicted octanol–water partition coefficient (Wildman–Crippen LogP) is 3.24. The average molecular weight is 315 g/mol. The molecule has 4 saturated carbocycles. The largest absolute Gasteiger partial charge is 0.356 e. The van der Waals surface area contributed by atoms with Crippen LogP contribution >= 0.6 is 0 Å². The first kappa shape index (κ1) is 15.2. The Morgan fingerprint density at radius 1 is 1.04 bits per heavy atom. The molecule has 1 heterocycles. The van der Waals surface area contributed by atoms with Crippen molar-refractivity contribution in [3.8, 4) is 0 Å². The van der Waals surface area contributed by atoms with Gasteiger partial charge in [-0.05, 0) is 75.0 Å². The molecule has 4 fully saturated rings. The summed E-state index contributed by atoms with van der Waals surface area (Å²) in [6.07, 6.45) is 15.9. The molecule has 1 aromatic rings. The molecule has 0 radical (unpaired) electrons. The third kappa shape index (κ3) is 3.31. The normalized spacial score (nSPS) is 34.7. The molecule has 0 spiro atoms. The van der Waals surface area contributed by atoms with Crippen molar-refractivity contribution >= 4 is 5.91 Å². The molecule has 0 aromatic carbocycles. The standard InChI is InChI=1S/C19H29N3O/c23-19(21-4-2-1-3-6-22-7-5-20-13-22)18-16-9-14-8-15(11-16)12-17(18)10-14/h5,7,13-18H,1-4,6,8-12H2,(H,21,23). The highest BCUT2D eigenvalue weighted by atomic mass is 16.1. The quantitative estimate of drug-likeness (QED) is 0.785. The molecule has 1 N–H and O–H groups in total. The van der Waals surface area contributed by atoms with E-state index in [9.17, 15) is 4.79 Å². The number of hydrogen-bond donors (Lipinski definition) is 1. The molecule has 0 aliphatic heterocycles. The van der Waals surface area contributed by atoms with Crippen molar-refractivity contribution in [1.82, 2.24) is 14.9 Å². The van der Waals surface area contributed by atoms with Crippen molar-refractivity contribution in [2.75, 3.05) is 6.54 Å². The number of rotatable bonds is 7. The summed E-state index contributed by atoms with van der Waals surface area (Å²) in [6, 6.07) is 0. The molecule has 4 bridgehead atoms. The molecule has 126 valence electrons. The highest BCUT2D eigenvalue weighted by Gasteiger charge is 2.50. The molecule has 1 aromatic heterocycles. The van der Waals surface area contributed by atoms with Crippen LogP contribution in [0.2, 0.25) is 0 Å². The summed E-state index contributed by atoms with van der Waals surface area (Å²) in [7, 11) is 0. The van der Waals surface area contributed by atoms with Gasteiger partial charge in [0.1, 0.15) is 0 Å². The Bertz CT molecular complexity index is 497. The number of carbonyl (C=O) groups excluding carboxylic acids is 1. The fourth-order valence-electron chi connectivity index (χ4n) is 5.70. The first-order chi connectivity index (χ1) is 11.3. The van der Waals surface area contributed by atoms with Gasteiger partial charge in [-0.2, -0.15) is 0 Å². The van der Waals surface area contributed by atoms with E-state index in [1.807, 2.05) is 18.7 Å². The Kier molecular flexibility index (Phi) is 4.41. The summed E-state index contributed by atoms with van der Waals surface area (Å²) in [6.45, 7) is 1.88. The molecular weight excluding hydrogens is 286 g/mol. The molecule has 1 amide bonds. The summed E-state index contributed by atoms with van der Waals surface area (Å²) >= 11 is 0. The summed E-state index contributed by atoms with van der Waals surface area (Å²) in [5, 5.41) is 3.25. The highest BCUT2D eigenvalue weighted by Crippen LogP contribution is 2.56. The lowest BCUT2D eigenvalue weighted by molar-refractivity contribution is -0.138. The molecule has 4 heteroatoms. The maximum Gasteiger partial charge on any atom is 0.223 e. The van der Waals surface area contributed by atoms with Crippen LogP contribution < -0.4 is 5.32 Å². The van der Waals surface area contributed by atoms with Gasteiger partial charge in [0.2, 0.25) is 5.91 Å². The first-order valence-electron chi connectivity index (χ1n) is 9.53. The van der Waals surface area contributed by atoms with Crippen LogP contribution in [0.3, 0.4) is 0 Å². The Morgan fingerprint density at radius 2 is 1.78 bits per heavy atom. The lowest BCUT2D eigenvalue weighted by atomic mass is 9.51. The van der Waals surface area contributed by atoms with Gasteiger partial charge < -0.3 is 9.88 Å². The van der Waals surface area contributed by atoms with Crippen LogP contribution in [0.15, 0.2) is 18.7 Å². The molecule has 4 aliphatic carbocycles. The number of hydrogen-bond acceptors (Lipinski definition) is 2. The second kappa shape index (κ2) is 6.66. The maximum atomic E-state index is 12.6. The van der Waals surface area contributed by atoms with Gasteiger partial charge >= 0.3 is 0 Å². The Morgan fingerprint density at radius 3 is 2.43 bits per heavy atom. The smallest absolute Gasteiger partial charge is 0.223 e. The van der Waals surface area contributed by atoms with Crippen molar-refractivity contribution in [2.24, 2.45) is 29.6 Å². The Hall–Kier alpha value is -1.32. The van der Waals surface area contributed by atoms with Crippen molar-refractivity contribution in [3.05, 3.63) is 18.7 Å². The number of nitrogens with zero attached hydrogens (tertiary/aromatic N) is 2. The molecule has 0 unspecified atom stereocenters. The van der Waals surface area contributed by atoms with Gasteiger partial charge in [0.05, 0.1) is 6.33 Å². The molecule has 0 saturated heterocycles. The van der Waals surface area contributed by atoms with Gasteiger partial charge in [0.15, 0.2) is 0 Å². The van der Waals surface area contributed by atoms with Gasteiger partial charge in [0, 0.05) is 31.4 Å². The molecule has 4 aliphatic rings.